The summed E-state index contributed by atoms with van der Waals surface area (Å²) in [6.07, 6.45) is 2.66. The molecule has 16 heavy (non-hydrogen) atoms. The third kappa shape index (κ3) is 3.69. The van der Waals surface area contributed by atoms with Crippen molar-refractivity contribution in [3.05, 3.63) is 28.8 Å². The number of thioether (sulfide) groups is 1. The average molecular weight is 256 g/mol. The first kappa shape index (κ1) is 12.3. The smallest absolute Gasteiger partial charge is 0.0545 e. The maximum Gasteiger partial charge on any atom is 0.0545 e. The lowest BCUT2D eigenvalue weighted by Crippen LogP contribution is -2.15. The monoisotopic (exact) mass is 255 g/mol. The zero-order chi connectivity index (χ0) is 11.5. The van der Waals surface area contributed by atoms with Gasteiger partial charge < -0.3 is 5.32 Å². The predicted octanol–water partition coefficient (Wildman–Crippen LogP) is 4.09. The van der Waals surface area contributed by atoms with E-state index in [0.717, 1.165) is 17.6 Å². The summed E-state index contributed by atoms with van der Waals surface area (Å²) in [5.41, 5.74) is 1.28. The number of hydrogen-bond donors (Lipinski definition) is 1. The maximum atomic E-state index is 6.26. The summed E-state index contributed by atoms with van der Waals surface area (Å²) >= 11 is 8.07. The number of benzene rings is 1. The minimum Gasteiger partial charge on any atom is -0.310 e. The van der Waals surface area contributed by atoms with E-state index in [4.69, 9.17) is 11.6 Å². The average Bonchev–Trinajstić information content (AvgIpc) is 3.02. The summed E-state index contributed by atoms with van der Waals surface area (Å²) in [5.74, 6) is 0. The Hall–Kier alpha value is -0.180. The fraction of sp³-hybridized carbons (Fsp3) is 0.538. The van der Waals surface area contributed by atoms with Gasteiger partial charge in [0.2, 0.25) is 0 Å². The summed E-state index contributed by atoms with van der Waals surface area (Å²) in [5, 5.41) is 4.95. The Balaban J connectivity index is 1.97. The number of hydrogen-bond acceptors (Lipinski definition) is 2. The molecule has 1 aromatic carbocycles. The van der Waals surface area contributed by atoms with Gasteiger partial charge in [-0.15, -0.1) is 11.8 Å². The van der Waals surface area contributed by atoms with Gasteiger partial charge in [0.1, 0.15) is 0 Å². The van der Waals surface area contributed by atoms with Gasteiger partial charge in [-0.3, -0.25) is 0 Å². The Labute approximate surface area is 107 Å². The summed E-state index contributed by atoms with van der Waals surface area (Å²) in [7, 11) is 0. The molecule has 3 heteroatoms. The molecule has 1 fully saturated rings. The zero-order valence-corrected chi connectivity index (χ0v) is 11.4. The molecule has 0 heterocycles. The molecule has 0 amide bonds. The van der Waals surface area contributed by atoms with E-state index in [0.29, 0.717) is 5.25 Å². The van der Waals surface area contributed by atoms with Crippen LogP contribution >= 0.6 is 23.4 Å². The minimum absolute atomic E-state index is 0.577. The molecule has 0 aliphatic heterocycles. The predicted molar refractivity (Wildman–Crippen MR) is 72.3 cm³/mol. The first-order chi connectivity index (χ1) is 7.65. The summed E-state index contributed by atoms with van der Waals surface area (Å²) in [6.45, 7) is 5.31. The van der Waals surface area contributed by atoms with Gasteiger partial charge in [0.05, 0.1) is 5.02 Å². The number of rotatable bonds is 5. The second-order valence-corrected chi connectivity index (χ2v) is 6.61. The van der Waals surface area contributed by atoms with Gasteiger partial charge in [0.25, 0.3) is 0 Å². The van der Waals surface area contributed by atoms with E-state index in [9.17, 15) is 0 Å². The van der Waals surface area contributed by atoms with Crippen LogP contribution in [-0.4, -0.2) is 11.3 Å². The van der Waals surface area contributed by atoms with Crippen LogP contribution in [0.5, 0.6) is 0 Å². The molecule has 1 nitrogen and oxygen atoms in total. The van der Waals surface area contributed by atoms with Crippen LogP contribution in [0.4, 0.5) is 0 Å². The van der Waals surface area contributed by atoms with Crippen LogP contribution < -0.4 is 5.32 Å². The van der Waals surface area contributed by atoms with Crippen LogP contribution in [0.25, 0.3) is 0 Å². The second-order valence-electron chi connectivity index (χ2n) is 4.59. The van der Waals surface area contributed by atoms with Crippen molar-refractivity contribution in [3.8, 4) is 0 Å². The van der Waals surface area contributed by atoms with Gasteiger partial charge in [0.15, 0.2) is 0 Å². The van der Waals surface area contributed by atoms with Gasteiger partial charge in [-0.1, -0.05) is 31.5 Å². The van der Waals surface area contributed by atoms with Crippen molar-refractivity contribution in [2.75, 3.05) is 0 Å². The van der Waals surface area contributed by atoms with E-state index in [1.807, 2.05) is 11.8 Å². The zero-order valence-electron chi connectivity index (χ0n) is 9.79. The molecule has 0 atom stereocenters. The van der Waals surface area contributed by atoms with Gasteiger partial charge in [-0.05, 0) is 30.5 Å². The van der Waals surface area contributed by atoms with Crippen molar-refractivity contribution in [3.63, 3.8) is 0 Å². The van der Waals surface area contributed by atoms with Gasteiger partial charge in [-0.25, -0.2) is 0 Å². The third-order valence-electron chi connectivity index (χ3n) is 2.53. The lowest BCUT2D eigenvalue weighted by atomic mass is 10.2. The minimum atomic E-state index is 0.577. The maximum absolute atomic E-state index is 6.26. The first-order valence-corrected chi connectivity index (χ1v) is 7.09. The quantitative estimate of drug-likeness (QED) is 0.796. The molecule has 0 aromatic heterocycles. The Kier molecular flexibility index (Phi) is 4.17. The normalized spacial score (nSPS) is 15.8. The van der Waals surface area contributed by atoms with Crippen molar-refractivity contribution in [1.29, 1.82) is 0 Å². The molecule has 2 rings (SSSR count). The molecule has 0 bridgehead atoms. The molecule has 0 unspecified atom stereocenters. The van der Waals surface area contributed by atoms with Crippen molar-refractivity contribution >= 4 is 23.4 Å². The van der Waals surface area contributed by atoms with Crippen LogP contribution in [0.3, 0.4) is 0 Å². The fourth-order valence-electron chi connectivity index (χ4n) is 1.55. The SMILES string of the molecule is CC(C)Sc1ccc(CNC2CC2)cc1Cl. The lowest BCUT2D eigenvalue weighted by Gasteiger charge is -2.09. The largest absolute Gasteiger partial charge is 0.310 e. The molecule has 1 aliphatic rings. The Morgan fingerprint density at radius 1 is 1.44 bits per heavy atom. The Bertz CT molecular complexity index is 361. The van der Waals surface area contributed by atoms with Crippen LogP contribution in [0, 0.1) is 0 Å². The highest BCUT2D eigenvalue weighted by atomic mass is 35.5. The summed E-state index contributed by atoms with van der Waals surface area (Å²) in [4.78, 5) is 1.19. The van der Waals surface area contributed by atoms with Crippen molar-refractivity contribution in [2.45, 2.75) is 49.4 Å². The Morgan fingerprint density at radius 2 is 2.19 bits per heavy atom. The van der Waals surface area contributed by atoms with Gasteiger partial charge in [-0.2, -0.15) is 0 Å². The van der Waals surface area contributed by atoms with E-state index >= 15 is 0 Å². The Morgan fingerprint density at radius 3 is 2.75 bits per heavy atom. The molecule has 1 aromatic rings. The van der Waals surface area contributed by atoms with E-state index in [1.54, 1.807) is 0 Å². The van der Waals surface area contributed by atoms with Crippen LogP contribution in [0.15, 0.2) is 23.1 Å². The van der Waals surface area contributed by atoms with Gasteiger partial charge >= 0.3 is 0 Å². The van der Waals surface area contributed by atoms with E-state index in [-0.39, 0.29) is 0 Å². The van der Waals surface area contributed by atoms with Crippen molar-refractivity contribution < 1.29 is 0 Å². The summed E-state index contributed by atoms with van der Waals surface area (Å²) in [6, 6.07) is 7.15. The third-order valence-corrected chi connectivity index (χ3v) is 4.04. The lowest BCUT2D eigenvalue weighted by molar-refractivity contribution is 0.687. The van der Waals surface area contributed by atoms with Crippen LogP contribution in [-0.2, 0) is 6.54 Å². The fourth-order valence-corrected chi connectivity index (χ4v) is 2.72. The molecule has 0 radical (unpaired) electrons. The standard InChI is InChI=1S/C13H18ClNS/c1-9(2)16-13-6-3-10(7-12(13)14)8-15-11-4-5-11/h3,6-7,9,11,15H,4-5,8H2,1-2H3. The second kappa shape index (κ2) is 5.44. The van der Waals surface area contributed by atoms with E-state index in [2.05, 4.69) is 37.4 Å². The highest BCUT2D eigenvalue weighted by molar-refractivity contribution is 8.00. The van der Waals surface area contributed by atoms with Crippen molar-refractivity contribution in [1.82, 2.24) is 5.32 Å². The number of halogens is 1. The highest BCUT2D eigenvalue weighted by Crippen LogP contribution is 2.31. The van der Waals surface area contributed by atoms with E-state index < -0.39 is 0 Å². The van der Waals surface area contributed by atoms with Crippen LogP contribution in [0.1, 0.15) is 32.3 Å². The molecule has 1 aliphatic carbocycles. The molecule has 88 valence electrons. The van der Waals surface area contributed by atoms with Crippen LogP contribution in [0.2, 0.25) is 5.02 Å². The van der Waals surface area contributed by atoms with E-state index in [1.165, 1.54) is 23.3 Å². The van der Waals surface area contributed by atoms with Gasteiger partial charge in [0, 0.05) is 22.7 Å². The highest BCUT2D eigenvalue weighted by Gasteiger charge is 2.19. The molecular formula is C13H18ClNS. The summed E-state index contributed by atoms with van der Waals surface area (Å²) < 4.78 is 0. The molecular weight excluding hydrogens is 238 g/mol. The number of nitrogens with one attached hydrogen (secondary N) is 1. The molecule has 1 N–H and O–H groups in total. The molecule has 0 spiro atoms. The first-order valence-electron chi connectivity index (χ1n) is 5.83. The molecule has 1 saturated carbocycles. The molecule has 0 saturated heterocycles. The topological polar surface area (TPSA) is 12.0 Å². The van der Waals surface area contributed by atoms with Crippen molar-refractivity contribution in [2.24, 2.45) is 0 Å².